The largest absolute Gasteiger partial charge is 0.456 e. The topological polar surface area (TPSA) is 59.7 Å². The van der Waals surface area contributed by atoms with Gasteiger partial charge in [0.1, 0.15) is 17.0 Å². The molecule has 12 rings (SSSR count). The van der Waals surface area contributed by atoms with Gasteiger partial charge in [0.05, 0.1) is 39.2 Å². The number of aromatic nitrogens is 3. The molecule has 0 spiro atoms. The maximum Gasteiger partial charge on any atom is 0.139 e. The first-order chi connectivity index (χ1) is 28.2. The highest BCUT2D eigenvalue weighted by molar-refractivity contribution is 6.14. The molecule has 4 aromatic heterocycles. The predicted octanol–water partition coefficient (Wildman–Crippen LogP) is 13.5. The van der Waals surface area contributed by atoms with Gasteiger partial charge < -0.3 is 8.98 Å². The lowest BCUT2D eigenvalue weighted by molar-refractivity contribution is 0.669. The summed E-state index contributed by atoms with van der Waals surface area (Å²) in [7, 11) is 0. The smallest absolute Gasteiger partial charge is 0.139 e. The van der Waals surface area contributed by atoms with Crippen LogP contribution in [0.15, 0.2) is 186 Å². The fraction of sp³-hybridized carbons (Fsp3) is 0. The number of hydrogen-bond acceptors (Lipinski definition) is 3. The highest BCUT2D eigenvalue weighted by atomic mass is 16.3. The minimum atomic E-state index is 0.611. The molecule has 0 amide bonds. The van der Waals surface area contributed by atoms with E-state index < -0.39 is 0 Å². The molecule has 0 radical (unpaired) electrons. The minimum Gasteiger partial charge on any atom is -0.456 e. The van der Waals surface area contributed by atoms with Crippen molar-refractivity contribution in [2.24, 2.45) is 0 Å². The van der Waals surface area contributed by atoms with Gasteiger partial charge in [-0.05, 0) is 107 Å². The standard InChI is InChI=1S/C52H30N4O/c53-31-36-30-52(54-45-15-7-4-12-38(36)45)56-46-16-8-5-13-39(46)41-26-32(20-24-49(41)56)33-18-22-47-42(27-33)43-28-34(19-23-48(43)55(47)37-10-2-1-3-11-37)35-21-25-51-44(29-35)40-14-6-9-17-50(40)57-51/h1-30H. The molecule has 264 valence electrons. The van der Waals surface area contributed by atoms with Gasteiger partial charge in [-0.15, -0.1) is 0 Å². The van der Waals surface area contributed by atoms with Crippen molar-refractivity contribution in [2.75, 3.05) is 0 Å². The van der Waals surface area contributed by atoms with Gasteiger partial charge in [0.25, 0.3) is 0 Å². The molecule has 0 N–H and O–H groups in total. The number of nitriles is 1. The van der Waals surface area contributed by atoms with Crippen LogP contribution in [0.25, 0.3) is 110 Å². The van der Waals surface area contributed by atoms with Crippen molar-refractivity contribution in [3.8, 4) is 39.8 Å². The van der Waals surface area contributed by atoms with E-state index in [1.54, 1.807) is 0 Å². The Kier molecular flexibility index (Phi) is 6.63. The van der Waals surface area contributed by atoms with Gasteiger partial charge >= 0.3 is 0 Å². The van der Waals surface area contributed by atoms with Crippen LogP contribution in [0.1, 0.15) is 5.56 Å². The summed E-state index contributed by atoms with van der Waals surface area (Å²) >= 11 is 0. The molecule has 0 aliphatic carbocycles. The molecule has 8 aromatic carbocycles. The molecule has 12 aromatic rings. The third-order valence-corrected chi connectivity index (χ3v) is 11.5. The Morgan fingerprint density at radius 1 is 0.404 bits per heavy atom. The average Bonchev–Trinajstić information content (AvgIpc) is 3.93. The van der Waals surface area contributed by atoms with Gasteiger partial charge in [-0.25, -0.2) is 4.98 Å². The second kappa shape index (κ2) is 12.0. The van der Waals surface area contributed by atoms with Crippen LogP contribution in [-0.2, 0) is 0 Å². The number of para-hydroxylation sites is 4. The van der Waals surface area contributed by atoms with E-state index in [4.69, 9.17) is 9.40 Å². The first-order valence-corrected chi connectivity index (χ1v) is 19.1. The van der Waals surface area contributed by atoms with Gasteiger partial charge in [0.2, 0.25) is 0 Å². The summed E-state index contributed by atoms with van der Waals surface area (Å²) in [6.45, 7) is 0. The van der Waals surface area contributed by atoms with Crippen LogP contribution in [0.4, 0.5) is 0 Å². The molecule has 0 aliphatic heterocycles. The van der Waals surface area contributed by atoms with Crippen molar-refractivity contribution in [1.29, 1.82) is 5.26 Å². The van der Waals surface area contributed by atoms with Crippen LogP contribution in [0.2, 0.25) is 0 Å². The zero-order chi connectivity index (χ0) is 37.6. The van der Waals surface area contributed by atoms with E-state index >= 15 is 0 Å². The molecule has 0 saturated heterocycles. The van der Waals surface area contributed by atoms with E-state index in [1.807, 2.05) is 42.5 Å². The Balaban J connectivity index is 1.05. The summed E-state index contributed by atoms with van der Waals surface area (Å²) in [5.41, 5.74) is 13.3. The van der Waals surface area contributed by atoms with Crippen molar-refractivity contribution in [3.63, 3.8) is 0 Å². The monoisotopic (exact) mass is 726 g/mol. The molecule has 5 heteroatoms. The Morgan fingerprint density at radius 2 is 0.912 bits per heavy atom. The van der Waals surface area contributed by atoms with Crippen molar-refractivity contribution in [2.45, 2.75) is 0 Å². The lowest BCUT2D eigenvalue weighted by Crippen LogP contribution is -1.99. The molecular weight excluding hydrogens is 697 g/mol. The van der Waals surface area contributed by atoms with Gasteiger partial charge in [-0.1, -0.05) is 97.1 Å². The zero-order valence-corrected chi connectivity index (χ0v) is 30.5. The predicted molar refractivity (Wildman–Crippen MR) is 233 cm³/mol. The fourth-order valence-electron chi connectivity index (χ4n) is 8.91. The number of hydrogen-bond donors (Lipinski definition) is 0. The van der Waals surface area contributed by atoms with Gasteiger partial charge in [-0.2, -0.15) is 5.26 Å². The van der Waals surface area contributed by atoms with Crippen LogP contribution >= 0.6 is 0 Å². The van der Waals surface area contributed by atoms with Crippen molar-refractivity contribution in [1.82, 2.24) is 14.1 Å². The van der Waals surface area contributed by atoms with Crippen molar-refractivity contribution >= 4 is 76.5 Å². The second-order valence-corrected chi connectivity index (χ2v) is 14.7. The van der Waals surface area contributed by atoms with E-state index in [0.717, 1.165) is 99.4 Å². The lowest BCUT2D eigenvalue weighted by Gasteiger charge is -2.10. The van der Waals surface area contributed by atoms with Crippen LogP contribution < -0.4 is 0 Å². The van der Waals surface area contributed by atoms with Crippen molar-refractivity contribution in [3.05, 3.63) is 188 Å². The van der Waals surface area contributed by atoms with Crippen LogP contribution in [0.5, 0.6) is 0 Å². The summed E-state index contributed by atoms with van der Waals surface area (Å²) in [6, 6.07) is 66.3. The zero-order valence-electron chi connectivity index (χ0n) is 30.5. The van der Waals surface area contributed by atoms with Crippen LogP contribution in [0, 0.1) is 11.3 Å². The van der Waals surface area contributed by atoms with Crippen LogP contribution in [-0.4, -0.2) is 14.1 Å². The SMILES string of the molecule is N#Cc1cc(-n2c3ccccc3c3cc(-c4ccc5c(c4)c4cc(-c6ccc7oc8ccccc8c7c6)ccc4n5-c4ccccc4)ccc32)nc2ccccc12. The average molecular weight is 727 g/mol. The summed E-state index contributed by atoms with van der Waals surface area (Å²) in [5, 5.41) is 17.9. The Labute approximate surface area is 326 Å². The number of rotatable bonds is 4. The van der Waals surface area contributed by atoms with Gasteiger partial charge in [-0.3, -0.25) is 4.57 Å². The third-order valence-electron chi connectivity index (χ3n) is 11.5. The normalized spacial score (nSPS) is 11.8. The van der Waals surface area contributed by atoms with E-state index in [0.29, 0.717) is 5.56 Å². The van der Waals surface area contributed by atoms with E-state index in [-0.39, 0.29) is 0 Å². The van der Waals surface area contributed by atoms with E-state index in [1.165, 1.54) is 10.8 Å². The number of furan rings is 1. The molecule has 5 nitrogen and oxygen atoms in total. The number of fused-ring (bicyclic) bond motifs is 10. The lowest BCUT2D eigenvalue weighted by atomic mass is 9.98. The number of benzene rings is 8. The van der Waals surface area contributed by atoms with Gasteiger partial charge in [0.15, 0.2) is 0 Å². The molecule has 57 heavy (non-hydrogen) atoms. The summed E-state index contributed by atoms with van der Waals surface area (Å²) in [6.07, 6.45) is 0. The Bertz CT molecular complexity index is 3650. The molecule has 4 heterocycles. The van der Waals surface area contributed by atoms with E-state index in [2.05, 4.69) is 155 Å². The molecule has 0 atom stereocenters. The molecule has 0 bridgehead atoms. The number of pyridine rings is 1. The quantitative estimate of drug-likeness (QED) is 0.181. The summed E-state index contributed by atoms with van der Waals surface area (Å²) < 4.78 is 10.7. The molecule has 0 saturated carbocycles. The first-order valence-electron chi connectivity index (χ1n) is 19.1. The van der Waals surface area contributed by atoms with E-state index in [9.17, 15) is 5.26 Å². The minimum absolute atomic E-state index is 0.611. The maximum atomic E-state index is 10.1. The molecule has 0 unspecified atom stereocenters. The highest BCUT2D eigenvalue weighted by Gasteiger charge is 2.18. The summed E-state index contributed by atoms with van der Waals surface area (Å²) in [5.74, 6) is 0.732. The van der Waals surface area contributed by atoms with Gasteiger partial charge in [0, 0.05) is 43.4 Å². The molecule has 0 aliphatic rings. The molecule has 0 fully saturated rings. The summed E-state index contributed by atoms with van der Waals surface area (Å²) in [4.78, 5) is 5.06. The first kappa shape index (κ1) is 31.4. The molecular formula is C52H30N4O. The Hall–Kier alpha value is -7.94. The van der Waals surface area contributed by atoms with Crippen molar-refractivity contribution < 1.29 is 4.42 Å². The maximum absolute atomic E-state index is 10.1. The second-order valence-electron chi connectivity index (χ2n) is 14.7. The number of nitrogens with zero attached hydrogens (tertiary/aromatic N) is 4. The fourth-order valence-corrected chi connectivity index (χ4v) is 8.91. The third kappa shape index (κ3) is 4.71. The Morgan fingerprint density at radius 3 is 1.61 bits per heavy atom. The van der Waals surface area contributed by atoms with Crippen LogP contribution in [0.3, 0.4) is 0 Å². The highest BCUT2D eigenvalue weighted by Crippen LogP contribution is 2.40.